The number of nitrogens with zero attached hydrogens (tertiary/aromatic N) is 2. The van der Waals surface area contributed by atoms with Crippen molar-refractivity contribution in [3.05, 3.63) is 22.8 Å². The first kappa shape index (κ1) is 11.4. The fourth-order valence-electron chi connectivity index (χ4n) is 1.65. The van der Waals surface area contributed by atoms with Gasteiger partial charge in [-0.1, -0.05) is 15.9 Å². The maximum atomic E-state index is 5.45. The minimum atomic E-state index is 0.366. The zero-order chi connectivity index (χ0) is 10.7. The van der Waals surface area contributed by atoms with Gasteiger partial charge in [0.1, 0.15) is 5.82 Å². The molecule has 1 aliphatic heterocycles. The van der Waals surface area contributed by atoms with E-state index in [2.05, 4.69) is 41.7 Å². The van der Waals surface area contributed by atoms with E-state index in [4.69, 9.17) is 4.74 Å². The van der Waals surface area contributed by atoms with E-state index in [1.165, 1.54) is 0 Å². The van der Waals surface area contributed by atoms with Gasteiger partial charge in [-0.15, -0.1) is 0 Å². The number of halogens is 2. The fraction of sp³-hybridized carbons (Fsp3) is 0.500. The van der Waals surface area contributed by atoms with Gasteiger partial charge in [0.05, 0.1) is 23.7 Å². The topological polar surface area (TPSA) is 25.4 Å². The Hall–Kier alpha value is -0.130. The van der Waals surface area contributed by atoms with Crippen LogP contribution in [-0.4, -0.2) is 36.1 Å². The van der Waals surface area contributed by atoms with Crippen LogP contribution in [0.15, 0.2) is 22.8 Å². The molecule has 0 saturated carbocycles. The first-order chi connectivity index (χ1) is 7.33. The first-order valence-electron chi connectivity index (χ1n) is 4.84. The Labute approximate surface area is 106 Å². The molecule has 15 heavy (non-hydrogen) atoms. The lowest BCUT2D eigenvalue weighted by Crippen LogP contribution is -2.47. The summed E-state index contributed by atoms with van der Waals surface area (Å²) in [6, 6.07) is 4.31. The average molecular weight is 336 g/mol. The molecule has 1 aliphatic rings. The zero-order valence-corrected chi connectivity index (χ0v) is 11.4. The monoisotopic (exact) mass is 334 g/mol. The summed E-state index contributed by atoms with van der Waals surface area (Å²) in [5.74, 6) is 1.00. The predicted octanol–water partition coefficient (Wildman–Crippen LogP) is 2.44. The van der Waals surface area contributed by atoms with Gasteiger partial charge in [0.15, 0.2) is 0 Å². The molecule has 1 saturated heterocycles. The van der Waals surface area contributed by atoms with Crippen molar-refractivity contribution >= 4 is 37.7 Å². The number of hydrogen-bond acceptors (Lipinski definition) is 3. The van der Waals surface area contributed by atoms with E-state index in [0.717, 1.165) is 35.4 Å². The van der Waals surface area contributed by atoms with Crippen LogP contribution in [0.2, 0.25) is 0 Å². The van der Waals surface area contributed by atoms with Crippen LogP contribution < -0.4 is 4.90 Å². The molecule has 1 aromatic rings. The standard InChI is InChI=1S/C10H12Br2N2O/c11-6-8-7-15-5-4-14(8)10-9(12)2-1-3-13-10/h1-3,8H,4-7H2. The number of anilines is 1. The normalized spacial score (nSPS) is 21.7. The number of alkyl halides is 1. The van der Waals surface area contributed by atoms with Crippen molar-refractivity contribution in [1.82, 2.24) is 4.98 Å². The Kier molecular flexibility index (Phi) is 3.99. The van der Waals surface area contributed by atoms with Crippen LogP contribution in [0.5, 0.6) is 0 Å². The van der Waals surface area contributed by atoms with E-state index < -0.39 is 0 Å². The number of pyridine rings is 1. The van der Waals surface area contributed by atoms with Gasteiger partial charge in [-0.25, -0.2) is 4.98 Å². The third-order valence-corrected chi connectivity index (χ3v) is 3.78. The van der Waals surface area contributed by atoms with Crippen LogP contribution in [0.25, 0.3) is 0 Å². The molecule has 1 fully saturated rings. The van der Waals surface area contributed by atoms with Crippen LogP contribution in [0.3, 0.4) is 0 Å². The first-order valence-corrected chi connectivity index (χ1v) is 6.75. The van der Waals surface area contributed by atoms with E-state index in [-0.39, 0.29) is 0 Å². The van der Waals surface area contributed by atoms with E-state index in [9.17, 15) is 0 Å². The second kappa shape index (κ2) is 5.27. The number of morpholine rings is 1. The zero-order valence-electron chi connectivity index (χ0n) is 8.20. The average Bonchev–Trinajstić information content (AvgIpc) is 2.30. The SMILES string of the molecule is BrCC1COCCN1c1ncccc1Br. The molecule has 1 unspecified atom stereocenters. The molecule has 3 nitrogen and oxygen atoms in total. The van der Waals surface area contributed by atoms with Crippen molar-refractivity contribution in [3.63, 3.8) is 0 Å². The lowest BCUT2D eigenvalue weighted by atomic mass is 10.2. The van der Waals surface area contributed by atoms with Crippen molar-refractivity contribution in [2.24, 2.45) is 0 Å². The van der Waals surface area contributed by atoms with E-state index in [1.807, 2.05) is 18.3 Å². The summed E-state index contributed by atoms with van der Waals surface area (Å²) in [6.45, 7) is 2.42. The Bertz CT molecular complexity index is 335. The molecule has 0 aliphatic carbocycles. The van der Waals surface area contributed by atoms with E-state index >= 15 is 0 Å². The summed E-state index contributed by atoms with van der Waals surface area (Å²) < 4.78 is 6.49. The van der Waals surface area contributed by atoms with E-state index in [1.54, 1.807) is 0 Å². The summed E-state index contributed by atoms with van der Waals surface area (Å²) in [6.07, 6.45) is 1.82. The molecule has 1 atom stereocenters. The van der Waals surface area contributed by atoms with Crippen molar-refractivity contribution in [3.8, 4) is 0 Å². The molecular formula is C10H12Br2N2O. The van der Waals surface area contributed by atoms with Gasteiger partial charge in [-0.05, 0) is 28.1 Å². The molecular weight excluding hydrogens is 324 g/mol. The second-order valence-corrected chi connectivity index (χ2v) is 4.89. The molecule has 0 bridgehead atoms. The minimum Gasteiger partial charge on any atom is -0.377 e. The molecule has 0 spiro atoms. The molecule has 0 radical (unpaired) electrons. The Morgan fingerprint density at radius 2 is 2.47 bits per heavy atom. The van der Waals surface area contributed by atoms with Crippen molar-refractivity contribution in [1.29, 1.82) is 0 Å². The van der Waals surface area contributed by atoms with Crippen LogP contribution in [0.1, 0.15) is 0 Å². The van der Waals surface area contributed by atoms with Gasteiger partial charge >= 0.3 is 0 Å². The summed E-state index contributed by atoms with van der Waals surface area (Å²) in [5, 5.41) is 0.899. The largest absolute Gasteiger partial charge is 0.377 e. The van der Waals surface area contributed by atoms with Crippen molar-refractivity contribution in [2.75, 3.05) is 30.0 Å². The molecule has 2 heterocycles. The second-order valence-electron chi connectivity index (χ2n) is 3.39. The lowest BCUT2D eigenvalue weighted by Gasteiger charge is -2.35. The van der Waals surface area contributed by atoms with Crippen molar-refractivity contribution in [2.45, 2.75) is 6.04 Å². The maximum Gasteiger partial charge on any atom is 0.143 e. The molecule has 82 valence electrons. The lowest BCUT2D eigenvalue weighted by molar-refractivity contribution is 0.0999. The highest BCUT2D eigenvalue weighted by molar-refractivity contribution is 9.10. The van der Waals surface area contributed by atoms with Crippen molar-refractivity contribution < 1.29 is 4.74 Å². The highest BCUT2D eigenvalue weighted by atomic mass is 79.9. The van der Waals surface area contributed by atoms with Gasteiger partial charge in [-0.2, -0.15) is 0 Å². The van der Waals surface area contributed by atoms with Crippen LogP contribution >= 0.6 is 31.9 Å². The summed E-state index contributed by atoms with van der Waals surface area (Å²) >= 11 is 7.04. The van der Waals surface area contributed by atoms with E-state index in [0.29, 0.717) is 6.04 Å². The highest BCUT2D eigenvalue weighted by Gasteiger charge is 2.24. The van der Waals surface area contributed by atoms with Crippen LogP contribution in [0, 0.1) is 0 Å². The molecule has 5 heteroatoms. The summed E-state index contributed by atoms with van der Waals surface area (Å²) in [5.41, 5.74) is 0. The van der Waals surface area contributed by atoms with Gasteiger partial charge in [0.25, 0.3) is 0 Å². The number of ether oxygens (including phenoxy) is 1. The third kappa shape index (κ3) is 2.52. The minimum absolute atomic E-state index is 0.366. The van der Waals surface area contributed by atoms with Crippen LogP contribution in [-0.2, 0) is 4.74 Å². The molecule has 1 aromatic heterocycles. The maximum absolute atomic E-state index is 5.45. The van der Waals surface area contributed by atoms with Gasteiger partial charge in [0, 0.05) is 18.1 Å². The highest BCUT2D eigenvalue weighted by Crippen LogP contribution is 2.26. The Balaban J connectivity index is 2.24. The third-order valence-electron chi connectivity index (χ3n) is 2.42. The van der Waals surface area contributed by atoms with Gasteiger partial charge in [-0.3, -0.25) is 0 Å². The smallest absolute Gasteiger partial charge is 0.143 e. The summed E-state index contributed by atoms with van der Waals surface area (Å²) in [4.78, 5) is 6.68. The molecule has 0 amide bonds. The molecule has 2 rings (SSSR count). The molecule has 0 N–H and O–H groups in total. The number of rotatable bonds is 2. The van der Waals surface area contributed by atoms with Crippen LogP contribution in [0.4, 0.5) is 5.82 Å². The quantitative estimate of drug-likeness (QED) is 0.776. The Morgan fingerprint density at radius 1 is 1.60 bits per heavy atom. The van der Waals surface area contributed by atoms with Gasteiger partial charge in [0.2, 0.25) is 0 Å². The fourth-order valence-corrected chi connectivity index (χ4v) is 2.67. The number of hydrogen-bond donors (Lipinski definition) is 0. The van der Waals surface area contributed by atoms with Gasteiger partial charge < -0.3 is 9.64 Å². The Morgan fingerprint density at radius 3 is 3.20 bits per heavy atom. The summed E-state index contributed by atoms with van der Waals surface area (Å²) in [7, 11) is 0. The predicted molar refractivity (Wildman–Crippen MR) is 67.7 cm³/mol. The number of aromatic nitrogens is 1. The molecule has 0 aromatic carbocycles.